The summed E-state index contributed by atoms with van der Waals surface area (Å²) in [5.74, 6) is 5.49. The van der Waals surface area contributed by atoms with Gasteiger partial charge in [-0.3, -0.25) is 4.72 Å². The van der Waals surface area contributed by atoms with Crippen molar-refractivity contribution in [3.63, 3.8) is 0 Å². The Bertz CT molecular complexity index is 674. The van der Waals surface area contributed by atoms with Gasteiger partial charge in [0.2, 0.25) is 0 Å². The number of nitrogens with two attached hydrogens (primary N) is 1. The largest absolute Gasteiger partial charge is 0.449 e. The van der Waals surface area contributed by atoms with E-state index in [9.17, 15) is 13.2 Å². The number of anilines is 1. The van der Waals surface area contributed by atoms with E-state index in [-0.39, 0.29) is 18.8 Å². The lowest BCUT2D eigenvalue weighted by Crippen LogP contribution is -2.35. The molecule has 0 aromatic heterocycles. The van der Waals surface area contributed by atoms with Crippen molar-refractivity contribution in [2.24, 2.45) is 5.73 Å². The number of ether oxygens (including phenoxy) is 1. The van der Waals surface area contributed by atoms with Crippen LogP contribution in [0.3, 0.4) is 0 Å². The molecule has 0 saturated carbocycles. The van der Waals surface area contributed by atoms with Gasteiger partial charge in [-0.15, -0.1) is 0 Å². The molecule has 4 N–H and O–H groups in total. The molecule has 8 heteroatoms. The highest BCUT2D eigenvalue weighted by Crippen LogP contribution is 2.15. The fourth-order valence-corrected chi connectivity index (χ4v) is 2.28. The van der Waals surface area contributed by atoms with Crippen molar-refractivity contribution >= 4 is 22.0 Å². The fraction of sp³-hybridized carbons (Fsp3) is 0.308. The van der Waals surface area contributed by atoms with Gasteiger partial charge in [0.15, 0.2) is 0 Å². The Hall–Kier alpha value is -2.24. The monoisotopic (exact) mass is 311 g/mol. The van der Waals surface area contributed by atoms with E-state index in [1.807, 2.05) is 0 Å². The van der Waals surface area contributed by atoms with Crippen molar-refractivity contribution in [3.05, 3.63) is 29.3 Å². The van der Waals surface area contributed by atoms with Gasteiger partial charge in [-0.05, 0) is 37.6 Å². The summed E-state index contributed by atoms with van der Waals surface area (Å²) in [5, 5.41) is 0. The van der Waals surface area contributed by atoms with Crippen LogP contribution in [-0.2, 0) is 14.9 Å². The maximum absolute atomic E-state index is 11.7. The molecule has 0 radical (unpaired) electrons. The Morgan fingerprint density at radius 1 is 1.38 bits per heavy atom. The molecule has 1 rings (SSSR count). The molecule has 1 aromatic rings. The Morgan fingerprint density at radius 3 is 2.71 bits per heavy atom. The normalized spacial score (nSPS) is 10.2. The number of rotatable bonds is 4. The van der Waals surface area contributed by atoms with E-state index >= 15 is 0 Å². The third-order valence-corrected chi connectivity index (χ3v) is 3.10. The minimum atomic E-state index is -4.06. The smallest absolute Gasteiger partial charge is 0.422 e. The summed E-state index contributed by atoms with van der Waals surface area (Å²) in [6, 6.07) is 4.94. The topological polar surface area (TPSA) is 111 Å². The van der Waals surface area contributed by atoms with Gasteiger partial charge in [0, 0.05) is 5.56 Å². The van der Waals surface area contributed by atoms with Crippen LogP contribution in [0.2, 0.25) is 0 Å². The molecule has 0 aliphatic carbocycles. The average Bonchev–Trinajstić information content (AvgIpc) is 2.34. The number of carbonyl (C=O) groups is 1. The molecule has 0 spiro atoms. The predicted molar refractivity (Wildman–Crippen MR) is 79.8 cm³/mol. The first-order chi connectivity index (χ1) is 9.86. The second kappa shape index (κ2) is 7.52. The minimum Gasteiger partial charge on any atom is -0.449 e. The van der Waals surface area contributed by atoms with Crippen LogP contribution in [0.15, 0.2) is 18.2 Å². The first-order valence-corrected chi connectivity index (χ1v) is 7.62. The lowest BCUT2D eigenvalue weighted by atomic mass is 10.1. The lowest BCUT2D eigenvalue weighted by molar-refractivity contribution is 0.159. The van der Waals surface area contributed by atoms with Crippen LogP contribution in [-0.4, -0.2) is 27.7 Å². The maximum Gasteiger partial charge on any atom is 0.422 e. The van der Waals surface area contributed by atoms with Crippen LogP contribution in [0.25, 0.3) is 0 Å². The summed E-state index contributed by atoms with van der Waals surface area (Å²) in [6.45, 7) is 3.65. The van der Waals surface area contributed by atoms with E-state index < -0.39 is 16.3 Å². The Kier molecular flexibility index (Phi) is 6.02. The SMILES string of the molecule is CCOC(=O)NS(=O)(=O)Nc1cc(C)cc(C#CCN)c1. The summed E-state index contributed by atoms with van der Waals surface area (Å²) >= 11 is 0. The highest BCUT2D eigenvalue weighted by molar-refractivity contribution is 7.91. The standard InChI is InChI=1S/C13H17N3O4S/c1-3-20-13(17)16-21(18,19)15-12-8-10(2)7-11(9-12)5-4-6-14/h7-9,15H,3,6,14H2,1-2H3,(H,16,17). The first kappa shape index (κ1) is 16.8. The Balaban J connectivity index is 2.91. The number of aryl methyl sites for hydroxylation is 1. The fourth-order valence-electron chi connectivity index (χ4n) is 1.52. The second-order valence-electron chi connectivity index (χ2n) is 4.02. The number of nitrogens with one attached hydrogen (secondary N) is 2. The molecule has 0 heterocycles. The molecule has 1 amide bonds. The second-order valence-corrected chi connectivity index (χ2v) is 5.44. The highest BCUT2D eigenvalue weighted by Gasteiger charge is 2.15. The van der Waals surface area contributed by atoms with E-state index in [0.717, 1.165) is 5.56 Å². The van der Waals surface area contributed by atoms with Crippen LogP contribution in [0.5, 0.6) is 0 Å². The lowest BCUT2D eigenvalue weighted by Gasteiger charge is -2.10. The van der Waals surface area contributed by atoms with Crippen LogP contribution >= 0.6 is 0 Å². The third-order valence-electron chi connectivity index (χ3n) is 2.16. The zero-order valence-corrected chi connectivity index (χ0v) is 12.6. The van der Waals surface area contributed by atoms with E-state index in [1.165, 1.54) is 0 Å². The number of benzene rings is 1. The number of hydrogen-bond donors (Lipinski definition) is 3. The van der Waals surface area contributed by atoms with Gasteiger partial charge in [-0.1, -0.05) is 11.8 Å². The molecular weight excluding hydrogens is 294 g/mol. The molecule has 0 unspecified atom stereocenters. The van der Waals surface area contributed by atoms with Crippen molar-refractivity contribution in [1.82, 2.24) is 4.72 Å². The third kappa shape index (κ3) is 6.16. The van der Waals surface area contributed by atoms with Crippen LogP contribution in [0.1, 0.15) is 18.1 Å². The molecule has 7 nitrogen and oxygen atoms in total. The van der Waals surface area contributed by atoms with Crippen molar-refractivity contribution in [2.75, 3.05) is 17.9 Å². The van der Waals surface area contributed by atoms with Gasteiger partial charge in [-0.25, -0.2) is 9.52 Å². The Morgan fingerprint density at radius 2 is 2.10 bits per heavy atom. The van der Waals surface area contributed by atoms with Crippen molar-refractivity contribution in [3.8, 4) is 11.8 Å². The minimum absolute atomic E-state index is 0.0740. The predicted octanol–water partition coefficient (Wildman–Crippen LogP) is 0.708. The molecule has 0 saturated heterocycles. The van der Waals surface area contributed by atoms with E-state index in [2.05, 4.69) is 21.3 Å². The van der Waals surface area contributed by atoms with Gasteiger partial charge in [0.25, 0.3) is 0 Å². The van der Waals surface area contributed by atoms with Crippen LogP contribution < -0.4 is 15.2 Å². The molecule has 0 bridgehead atoms. The van der Waals surface area contributed by atoms with Gasteiger partial charge in [0.1, 0.15) is 0 Å². The zero-order valence-electron chi connectivity index (χ0n) is 11.8. The quantitative estimate of drug-likeness (QED) is 0.709. The molecule has 0 atom stereocenters. The molecule has 0 aliphatic rings. The number of carbonyl (C=O) groups excluding carboxylic acids is 1. The van der Waals surface area contributed by atoms with Gasteiger partial charge in [-0.2, -0.15) is 8.42 Å². The van der Waals surface area contributed by atoms with Gasteiger partial charge in [0.05, 0.1) is 18.8 Å². The zero-order chi connectivity index (χ0) is 15.9. The summed E-state index contributed by atoms with van der Waals surface area (Å²) in [4.78, 5) is 11.1. The van der Waals surface area contributed by atoms with E-state index in [0.29, 0.717) is 5.56 Å². The van der Waals surface area contributed by atoms with Crippen molar-refractivity contribution in [2.45, 2.75) is 13.8 Å². The van der Waals surface area contributed by atoms with Crippen LogP contribution in [0, 0.1) is 18.8 Å². The summed E-state index contributed by atoms with van der Waals surface area (Å²) in [6.07, 6.45) is -1.04. The molecule has 114 valence electrons. The van der Waals surface area contributed by atoms with Crippen molar-refractivity contribution < 1.29 is 17.9 Å². The first-order valence-electron chi connectivity index (χ1n) is 6.14. The number of hydrogen-bond acceptors (Lipinski definition) is 5. The summed E-state index contributed by atoms with van der Waals surface area (Å²) < 4.78 is 32.0. The molecular formula is C13H17N3O4S. The van der Waals surface area contributed by atoms with Gasteiger partial charge >= 0.3 is 16.3 Å². The molecule has 1 aromatic carbocycles. The Labute approximate surface area is 124 Å². The highest BCUT2D eigenvalue weighted by atomic mass is 32.2. The maximum atomic E-state index is 11.7. The van der Waals surface area contributed by atoms with Crippen LogP contribution in [0.4, 0.5) is 10.5 Å². The van der Waals surface area contributed by atoms with E-state index in [4.69, 9.17) is 5.73 Å². The molecule has 21 heavy (non-hydrogen) atoms. The average molecular weight is 311 g/mol. The van der Waals surface area contributed by atoms with Crippen molar-refractivity contribution in [1.29, 1.82) is 0 Å². The number of amides is 1. The molecule has 0 aliphatic heterocycles. The van der Waals surface area contributed by atoms with E-state index in [1.54, 1.807) is 36.8 Å². The summed E-state index contributed by atoms with van der Waals surface area (Å²) in [7, 11) is -4.06. The van der Waals surface area contributed by atoms with Gasteiger partial charge < -0.3 is 10.5 Å². The summed E-state index contributed by atoms with van der Waals surface area (Å²) in [5.41, 5.74) is 7.01. The molecule has 0 fully saturated rings.